The number of likely N-dealkylation sites (tertiary alicyclic amines) is 1. The van der Waals surface area contributed by atoms with E-state index in [0.29, 0.717) is 6.54 Å². The van der Waals surface area contributed by atoms with Crippen LogP contribution in [0.5, 0.6) is 0 Å². The van der Waals surface area contributed by atoms with E-state index in [4.69, 9.17) is 5.73 Å². The minimum absolute atomic E-state index is 0. The van der Waals surface area contributed by atoms with Gasteiger partial charge in [-0.2, -0.15) is 13.2 Å². The molecule has 0 radical (unpaired) electrons. The van der Waals surface area contributed by atoms with Crippen molar-refractivity contribution in [2.75, 3.05) is 13.1 Å². The van der Waals surface area contributed by atoms with E-state index in [2.05, 4.69) is 4.90 Å². The van der Waals surface area contributed by atoms with Gasteiger partial charge in [0.05, 0.1) is 5.56 Å². The molecule has 6 heteroatoms. The van der Waals surface area contributed by atoms with Crippen LogP contribution in [0.2, 0.25) is 0 Å². The predicted molar refractivity (Wildman–Crippen MR) is 71.2 cm³/mol. The summed E-state index contributed by atoms with van der Waals surface area (Å²) in [5.74, 6) is 0. The molecule has 19 heavy (non-hydrogen) atoms. The number of nitrogens with zero attached hydrogens (tertiary/aromatic N) is 1. The summed E-state index contributed by atoms with van der Waals surface area (Å²) < 4.78 is 37.2. The third-order valence-electron chi connectivity index (χ3n) is 3.23. The first-order valence-corrected chi connectivity index (χ1v) is 6.09. The van der Waals surface area contributed by atoms with Crippen molar-refractivity contribution in [2.45, 2.75) is 31.6 Å². The molecule has 1 atom stereocenters. The van der Waals surface area contributed by atoms with Crippen LogP contribution in [-0.2, 0) is 12.7 Å². The van der Waals surface area contributed by atoms with Gasteiger partial charge in [-0.1, -0.05) is 12.1 Å². The number of hydrogen-bond donors (Lipinski definition) is 1. The zero-order valence-corrected chi connectivity index (χ0v) is 11.3. The van der Waals surface area contributed by atoms with E-state index in [1.54, 1.807) is 12.1 Å². The predicted octanol–water partition coefficient (Wildman–Crippen LogP) is 3.05. The molecular weight excluding hydrogens is 277 g/mol. The molecular formula is C13H18ClF3N2. The maximum absolute atomic E-state index is 12.4. The Morgan fingerprint density at radius 1 is 1.21 bits per heavy atom. The molecule has 1 aliphatic heterocycles. The van der Waals surface area contributed by atoms with Crippen molar-refractivity contribution >= 4 is 12.4 Å². The number of piperidine rings is 1. The Morgan fingerprint density at radius 2 is 1.84 bits per heavy atom. The molecule has 0 aliphatic carbocycles. The van der Waals surface area contributed by atoms with Crippen molar-refractivity contribution in [2.24, 2.45) is 5.73 Å². The number of benzene rings is 1. The van der Waals surface area contributed by atoms with E-state index < -0.39 is 11.7 Å². The molecule has 2 rings (SSSR count). The van der Waals surface area contributed by atoms with Crippen LogP contribution >= 0.6 is 12.4 Å². The van der Waals surface area contributed by atoms with Crippen LogP contribution < -0.4 is 5.73 Å². The van der Waals surface area contributed by atoms with E-state index in [0.717, 1.165) is 43.6 Å². The monoisotopic (exact) mass is 294 g/mol. The van der Waals surface area contributed by atoms with Crippen LogP contribution in [0.4, 0.5) is 13.2 Å². The highest BCUT2D eigenvalue weighted by molar-refractivity contribution is 5.85. The minimum atomic E-state index is -4.26. The van der Waals surface area contributed by atoms with Crippen molar-refractivity contribution < 1.29 is 13.2 Å². The van der Waals surface area contributed by atoms with E-state index in [1.807, 2.05) is 0 Å². The van der Waals surface area contributed by atoms with Gasteiger partial charge in [-0.3, -0.25) is 4.90 Å². The van der Waals surface area contributed by atoms with Crippen LogP contribution in [-0.4, -0.2) is 24.0 Å². The van der Waals surface area contributed by atoms with Crippen LogP contribution in [0.3, 0.4) is 0 Å². The van der Waals surface area contributed by atoms with Gasteiger partial charge in [-0.05, 0) is 37.1 Å². The lowest BCUT2D eigenvalue weighted by Crippen LogP contribution is -2.42. The average Bonchev–Trinajstić information content (AvgIpc) is 2.28. The summed E-state index contributed by atoms with van der Waals surface area (Å²) in [6.07, 6.45) is -2.17. The third-order valence-corrected chi connectivity index (χ3v) is 3.23. The summed E-state index contributed by atoms with van der Waals surface area (Å²) >= 11 is 0. The molecule has 0 aromatic heterocycles. The second-order valence-electron chi connectivity index (χ2n) is 4.83. The first-order valence-electron chi connectivity index (χ1n) is 6.09. The van der Waals surface area contributed by atoms with Gasteiger partial charge in [0.1, 0.15) is 0 Å². The molecule has 0 amide bonds. The van der Waals surface area contributed by atoms with E-state index in [-0.39, 0.29) is 18.4 Å². The minimum Gasteiger partial charge on any atom is -0.327 e. The van der Waals surface area contributed by atoms with E-state index in [1.165, 1.54) is 0 Å². The molecule has 1 heterocycles. The molecule has 0 saturated carbocycles. The van der Waals surface area contributed by atoms with Crippen LogP contribution in [0, 0.1) is 0 Å². The van der Waals surface area contributed by atoms with E-state index in [9.17, 15) is 13.2 Å². The summed E-state index contributed by atoms with van der Waals surface area (Å²) in [6, 6.07) is 5.55. The maximum atomic E-state index is 12.4. The van der Waals surface area contributed by atoms with Gasteiger partial charge in [-0.15, -0.1) is 12.4 Å². The van der Waals surface area contributed by atoms with Gasteiger partial charge < -0.3 is 5.73 Å². The van der Waals surface area contributed by atoms with Crippen LogP contribution in [0.1, 0.15) is 24.0 Å². The molecule has 0 spiro atoms. The topological polar surface area (TPSA) is 29.3 Å². The van der Waals surface area contributed by atoms with Crippen LogP contribution in [0.15, 0.2) is 24.3 Å². The lowest BCUT2D eigenvalue weighted by molar-refractivity contribution is -0.137. The summed E-state index contributed by atoms with van der Waals surface area (Å²) in [7, 11) is 0. The van der Waals surface area contributed by atoms with Crippen molar-refractivity contribution in [3.05, 3.63) is 35.4 Å². The molecule has 1 fully saturated rings. The van der Waals surface area contributed by atoms with E-state index >= 15 is 0 Å². The highest BCUT2D eigenvalue weighted by Crippen LogP contribution is 2.29. The fraction of sp³-hybridized carbons (Fsp3) is 0.538. The number of hydrogen-bond acceptors (Lipinski definition) is 2. The highest BCUT2D eigenvalue weighted by Gasteiger charge is 2.30. The first-order chi connectivity index (χ1) is 8.45. The van der Waals surface area contributed by atoms with Gasteiger partial charge in [0, 0.05) is 19.1 Å². The Kier molecular flexibility index (Phi) is 5.64. The zero-order valence-electron chi connectivity index (χ0n) is 10.5. The Labute approximate surface area is 117 Å². The number of alkyl halides is 3. The van der Waals surface area contributed by atoms with Gasteiger partial charge in [0.25, 0.3) is 0 Å². The molecule has 2 nitrogen and oxygen atoms in total. The highest BCUT2D eigenvalue weighted by atomic mass is 35.5. The van der Waals surface area contributed by atoms with Crippen molar-refractivity contribution in [3.63, 3.8) is 0 Å². The fourth-order valence-electron chi connectivity index (χ4n) is 2.29. The fourth-order valence-corrected chi connectivity index (χ4v) is 2.29. The molecule has 1 unspecified atom stereocenters. The maximum Gasteiger partial charge on any atom is 0.416 e. The Balaban J connectivity index is 0.00000180. The summed E-state index contributed by atoms with van der Waals surface area (Å²) in [6.45, 7) is 2.46. The number of nitrogens with two attached hydrogens (primary N) is 1. The third kappa shape index (κ3) is 4.67. The normalized spacial score (nSPS) is 20.9. The molecule has 1 saturated heterocycles. The second kappa shape index (κ2) is 6.59. The van der Waals surface area contributed by atoms with Gasteiger partial charge >= 0.3 is 6.18 Å². The summed E-state index contributed by atoms with van der Waals surface area (Å²) in [5, 5.41) is 0. The average molecular weight is 295 g/mol. The number of halogens is 4. The Hall–Kier alpha value is -0.780. The largest absolute Gasteiger partial charge is 0.416 e. The molecule has 0 bridgehead atoms. The van der Waals surface area contributed by atoms with Crippen molar-refractivity contribution in [1.82, 2.24) is 4.90 Å². The van der Waals surface area contributed by atoms with Gasteiger partial charge in [0.15, 0.2) is 0 Å². The zero-order chi connectivity index (χ0) is 13.2. The quantitative estimate of drug-likeness (QED) is 0.908. The molecule has 1 aromatic carbocycles. The molecule has 1 aliphatic rings. The Morgan fingerprint density at radius 3 is 2.37 bits per heavy atom. The van der Waals surface area contributed by atoms with Gasteiger partial charge in [-0.25, -0.2) is 0 Å². The van der Waals surface area contributed by atoms with Crippen molar-refractivity contribution in [3.8, 4) is 0 Å². The molecule has 1 aromatic rings. The number of rotatable bonds is 2. The standard InChI is InChI=1S/C13H17F3N2.ClH/c14-13(15,16)11-5-3-10(4-6-11)8-18-7-1-2-12(17)9-18;/h3-6,12H,1-2,7-9,17H2;1H. The SMILES string of the molecule is Cl.NC1CCCN(Cc2ccc(C(F)(F)F)cc2)C1. The Bertz CT molecular complexity index is 392. The van der Waals surface area contributed by atoms with Crippen LogP contribution in [0.25, 0.3) is 0 Å². The summed E-state index contributed by atoms with van der Waals surface area (Å²) in [4.78, 5) is 2.19. The first kappa shape index (κ1) is 16.3. The second-order valence-corrected chi connectivity index (χ2v) is 4.83. The van der Waals surface area contributed by atoms with Crippen molar-refractivity contribution in [1.29, 1.82) is 0 Å². The summed E-state index contributed by atoms with van der Waals surface area (Å²) in [5.41, 5.74) is 6.17. The molecule has 108 valence electrons. The lowest BCUT2D eigenvalue weighted by atomic mass is 10.1. The molecule has 2 N–H and O–H groups in total. The lowest BCUT2D eigenvalue weighted by Gasteiger charge is -2.30. The van der Waals surface area contributed by atoms with Gasteiger partial charge in [0.2, 0.25) is 0 Å². The smallest absolute Gasteiger partial charge is 0.327 e.